The predicted octanol–water partition coefficient (Wildman–Crippen LogP) is 2.88. The quantitative estimate of drug-likeness (QED) is 0.437. The molecule has 0 aliphatic carbocycles. The van der Waals surface area contributed by atoms with Gasteiger partial charge in [-0.15, -0.1) is 0 Å². The van der Waals surface area contributed by atoms with Crippen LogP contribution in [-0.2, 0) is 10.1 Å². The molecule has 0 radical (unpaired) electrons. The van der Waals surface area contributed by atoms with Crippen LogP contribution < -0.4 is 9.57 Å². The van der Waals surface area contributed by atoms with Crippen LogP contribution in [0.3, 0.4) is 0 Å². The molecule has 0 atom stereocenters. The lowest BCUT2D eigenvalue weighted by Crippen LogP contribution is -2.42. The van der Waals surface area contributed by atoms with Gasteiger partial charge in [0.05, 0.1) is 4.90 Å². The molecule has 132 valence electrons. The summed E-state index contributed by atoms with van der Waals surface area (Å²) in [7, 11) is -4.27. The first-order valence-corrected chi connectivity index (χ1v) is 9.46. The van der Waals surface area contributed by atoms with Crippen LogP contribution in [0.1, 0.15) is 38.2 Å². The van der Waals surface area contributed by atoms with E-state index in [0.717, 1.165) is 18.6 Å². The lowest BCUT2D eigenvalue weighted by molar-refractivity contribution is -0.891. The maximum atomic E-state index is 10.4. The zero-order chi connectivity index (χ0) is 17.8. The highest BCUT2D eigenvalue weighted by atomic mass is 32.2. The molecule has 24 heavy (non-hydrogen) atoms. The molecule has 1 heterocycles. The van der Waals surface area contributed by atoms with E-state index in [4.69, 9.17) is 4.84 Å². The lowest BCUT2D eigenvalue weighted by Gasteiger charge is -2.05. The van der Waals surface area contributed by atoms with Crippen LogP contribution in [0.4, 0.5) is 0 Å². The summed E-state index contributed by atoms with van der Waals surface area (Å²) < 4.78 is 32.9. The zero-order valence-corrected chi connectivity index (χ0v) is 15.0. The SMILES string of the molecule is CCCCCCO[n+]1ccccc1.Cc1ccc(S(=O)(=O)[O-])cc1. The van der Waals surface area contributed by atoms with Gasteiger partial charge >= 0.3 is 0 Å². The number of unbranched alkanes of at least 4 members (excludes halogenated alkanes) is 3. The Bertz CT molecular complexity index is 670. The van der Waals surface area contributed by atoms with Gasteiger partial charge in [-0.25, -0.2) is 8.42 Å². The first kappa shape index (κ1) is 20.1. The van der Waals surface area contributed by atoms with Crippen LogP contribution in [0.25, 0.3) is 0 Å². The molecule has 0 bridgehead atoms. The van der Waals surface area contributed by atoms with Crippen molar-refractivity contribution in [2.24, 2.45) is 0 Å². The van der Waals surface area contributed by atoms with Gasteiger partial charge in [0.15, 0.2) is 6.61 Å². The smallest absolute Gasteiger partial charge is 0.222 e. The second-order valence-electron chi connectivity index (χ2n) is 5.40. The maximum absolute atomic E-state index is 10.4. The van der Waals surface area contributed by atoms with E-state index in [1.54, 1.807) is 16.9 Å². The number of aromatic nitrogens is 1. The molecule has 0 unspecified atom stereocenters. The van der Waals surface area contributed by atoms with Gasteiger partial charge in [-0.05, 0) is 31.9 Å². The van der Waals surface area contributed by atoms with Gasteiger partial charge in [0, 0.05) is 16.9 Å². The molecule has 1 aromatic heterocycles. The van der Waals surface area contributed by atoms with Crippen LogP contribution in [0, 0.1) is 6.92 Å². The third-order valence-corrected chi connectivity index (χ3v) is 4.09. The third kappa shape index (κ3) is 8.64. The van der Waals surface area contributed by atoms with Crippen molar-refractivity contribution in [1.29, 1.82) is 0 Å². The van der Waals surface area contributed by atoms with Gasteiger partial charge in [0.1, 0.15) is 10.1 Å². The number of benzene rings is 1. The summed E-state index contributed by atoms with van der Waals surface area (Å²) >= 11 is 0. The molecular weight excluding hydrogens is 326 g/mol. The van der Waals surface area contributed by atoms with Crippen molar-refractivity contribution in [2.75, 3.05) is 6.61 Å². The van der Waals surface area contributed by atoms with Crippen LogP contribution in [0.5, 0.6) is 0 Å². The molecule has 2 rings (SSSR count). The van der Waals surface area contributed by atoms with Crippen molar-refractivity contribution in [3.8, 4) is 0 Å². The molecule has 0 aliphatic heterocycles. The first-order chi connectivity index (χ1) is 11.4. The monoisotopic (exact) mass is 351 g/mol. The van der Waals surface area contributed by atoms with Gasteiger partial charge in [0.25, 0.3) is 0 Å². The summed E-state index contributed by atoms with van der Waals surface area (Å²) in [5.41, 5.74) is 0.928. The Hall–Kier alpha value is -1.92. The topological polar surface area (TPSA) is 70.3 Å². The van der Waals surface area contributed by atoms with Crippen molar-refractivity contribution in [3.63, 3.8) is 0 Å². The number of nitrogens with zero attached hydrogens (tertiary/aromatic N) is 1. The summed E-state index contributed by atoms with van der Waals surface area (Å²) in [6.07, 6.45) is 8.83. The van der Waals surface area contributed by atoms with Gasteiger partial charge < -0.3 is 4.55 Å². The average Bonchev–Trinajstić information content (AvgIpc) is 2.56. The number of hydrogen-bond acceptors (Lipinski definition) is 4. The van der Waals surface area contributed by atoms with Gasteiger partial charge in [-0.2, -0.15) is 0 Å². The summed E-state index contributed by atoms with van der Waals surface area (Å²) in [6.45, 7) is 4.85. The fraction of sp³-hybridized carbons (Fsp3) is 0.389. The Morgan fingerprint density at radius 2 is 1.62 bits per heavy atom. The highest BCUT2D eigenvalue weighted by molar-refractivity contribution is 7.85. The van der Waals surface area contributed by atoms with Gasteiger partial charge in [-0.1, -0.05) is 43.5 Å². The number of hydrogen-bond donors (Lipinski definition) is 0. The Balaban J connectivity index is 0.000000243. The van der Waals surface area contributed by atoms with E-state index >= 15 is 0 Å². The van der Waals surface area contributed by atoms with E-state index < -0.39 is 10.1 Å². The molecule has 0 amide bonds. The fourth-order valence-electron chi connectivity index (χ4n) is 1.87. The maximum Gasteiger partial charge on any atom is 0.222 e. The first-order valence-electron chi connectivity index (χ1n) is 8.05. The highest BCUT2D eigenvalue weighted by Crippen LogP contribution is 2.08. The molecule has 0 saturated carbocycles. The minimum absolute atomic E-state index is 0.178. The van der Waals surface area contributed by atoms with E-state index in [1.807, 2.05) is 37.5 Å². The number of rotatable bonds is 7. The number of aryl methyl sites for hydroxylation is 1. The normalized spacial score (nSPS) is 10.6. The molecule has 0 aliphatic rings. The number of pyridine rings is 1. The fourth-order valence-corrected chi connectivity index (χ4v) is 2.34. The Labute approximate surface area is 144 Å². The molecule has 0 fully saturated rings. The summed E-state index contributed by atoms with van der Waals surface area (Å²) in [4.78, 5) is 5.29. The largest absolute Gasteiger partial charge is 0.744 e. The second-order valence-corrected chi connectivity index (χ2v) is 6.78. The van der Waals surface area contributed by atoms with E-state index in [1.165, 1.54) is 31.4 Å². The Morgan fingerprint density at radius 1 is 1.00 bits per heavy atom. The van der Waals surface area contributed by atoms with Crippen LogP contribution in [0.15, 0.2) is 59.8 Å². The molecular formula is C18H25NO4S. The van der Waals surface area contributed by atoms with Crippen LogP contribution in [-0.4, -0.2) is 19.6 Å². The van der Waals surface area contributed by atoms with Gasteiger partial charge in [0.2, 0.25) is 12.4 Å². The van der Waals surface area contributed by atoms with E-state index in [-0.39, 0.29) is 4.90 Å². The molecule has 5 nitrogen and oxygen atoms in total. The van der Waals surface area contributed by atoms with Crippen LogP contribution >= 0.6 is 0 Å². The van der Waals surface area contributed by atoms with Gasteiger partial charge in [-0.3, -0.25) is 4.84 Å². The molecule has 0 N–H and O–H groups in total. The summed E-state index contributed by atoms with van der Waals surface area (Å²) in [6, 6.07) is 11.7. The van der Waals surface area contributed by atoms with E-state index in [0.29, 0.717) is 0 Å². The second kappa shape index (κ2) is 10.8. The Kier molecular flexibility index (Phi) is 9.04. The standard InChI is InChI=1S/C11H18NO.C7H8O3S/c1-2-3-4-8-11-13-12-9-6-5-7-10-12;1-6-2-4-7(5-3-6)11(8,9)10/h5-7,9-10H,2-4,8,11H2,1H3;2-5H,1H3,(H,8,9,10)/q+1;/p-1. The van der Waals surface area contributed by atoms with Crippen molar-refractivity contribution in [3.05, 3.63) is 60.4 Å². The van der Waals surface area contributed by atoms with Crippen molar-refractivity contribution in [1.82, 2.24) is 0 Å². The molecule has 2 aromatic rings. The highest BCUT2D eigenvalue weighted by Gasteiger charge is 1.98. The van der Waals surface area contributed by atoms with E-state index in [2.05, 4.69) is 6.92 Å². The summed E-state index contributed by atoms with van der Waals surface area (Å²) in [5.74, 6) is 0. The molecule has 6 heteroatoms. The van der Waals surface area contributed by atoms with Crippen molar-refractivity contribution < 1.29 is 22.5 Å². The minimum atomic E-state index is -4.27. The van der Waals surface area contributed by atoms with Crippen molar-refractivity contribution >= 4 is 10.1 Å². The Morgan fingerprint density at radius 3 is 2.17 bits per heavy atom. The average molecular weight is 351 g/mol. The molecule has 0 spiro atoms. The third-order valence-electron chi connectivity index (χ3n) is 3.24. The zero-order valence-electron chi connectivity index (χ0n) is 14.2. The van der Waals surface area contributed by atoms with Crippen molar-refractivity contribution in [2.45, 2.75) is 44.4 Å². The van der Waals surface area contributed by atoms with Crippen LogP contribution in [0.2, 0.25) is 0 Å². The molecule has 1 aromatic carbocycles. The van der Waals surface area contributed by atoms with E-state index in [9.17, 15) is 13.0 Å². The molecule has 0 saturated heterocycles. The summed E-state index contributed by atoms with van der Waals surface area (Å²) in [5, 5.41) is 0. The lowest BCUT2D eigenvalue weighted by atomic mass is 10.2. The minimum Gasteiger partial charge on any atom is -0.744 e. The predicted molar refractivity (Wildman–Crippen MR) is 91.4 cm³/mol.